The summed E-state index contributed by atoms with van der Waals surface area (Å²) in [6, 6.07) is 0. The number of carbonyl (C=O) groups excluding carboxylic acids is 1. The first-order valence-corrected chi connectivity index (χ1v) is 13.8. The molecule has 2 heterocycles. The Hall–Kier alpha value is -0.870. The van der Waals surface area contributed by atoms with Crippen molar-refractivity contribution in [3.63, 3.8) is 0 Å². The molecule has 4 unspecified atom stereocenters. The molecule has 6 aliphatic rings. The molecule has 4 heteroatoms. The molecule has 6 rings (SSSR count). The van der Waals surface area contributed by atoms with Crippen LogP contribution >= 0.6 is 0 Å². The van der Waals surface area contributed by atoms with Crippen molar-refractivity contribution >= 4 is 5.97 Å². The molecule has 0 aromatic rings. The third kappa shape index (κ3) is 3.18. The number of rotatable bonds is 1. The van der Waals surface area contributed by atoms with E-state index < -0.39 is 0 Å². The summed E-state index contributed by atoms with van der Waals surface area (Å²) in [7, 11) is 0. The van der Waals surface area contributed by atoms with Gasteiger partial charge in [0.1, 0.15) is 6.10 Å². The second-order valence-electron chi connectivity index (χ2n) is 13.3. The first-order valence-electron chi connectivity index (χ1n) is 13.8. The van der Waals surface area contributed by atoms with Crippen LogP contribution < -0.4 is 0 Å². The number of esters is 1. The lowest BCUT2D eigenvalue weighted by molar-refractivity contribution is -0.272. The number of fused-ring (bicyclic) bond motifs is 7. The molecule has 5 fully saturated rings. The zero-order valence-electron chi connectivity index (χ0n) is 21.4. The van der Waals surface area contributed by atoms with Gasteiger partial charge in [0.05, 0.1) is 12.7 Å². The Kier molecular flexibility index (Phi) is 5.18. The van der Waals surface area contributed by atoms with Gasteiger partial charge in [0.25, 0.3) is 0 Å². The summed E-state index contributed by atoms with van der Waals surface area (Å²) in [5, 5.41) is 0. The zero-order chi connectivity index (χ0) is 23.2. The van der Waals surface area contributed by atoms with E-state index in [1.807, 2.05) is 0 Å². The van der Waals surface area contributed by atoms with E-state index in [0.29, 0.717) is 29.3 Å². The summed E-state index contributed by atoms with van der Waals surface area (Å²) in [4.78, 5) is 11.5. The Labute approximate surface area is 200 Å². The molecule has 3 saturated carbocycles. The van der Waals surface area contributed by atoms with Crippen molar-refractivity contribution < 1.29 is 19.0 Å². The van der Waals surface area contributed by atoms with Gasteiger partial charge >= 0.3 is 5.97 Å². The number of allylic oxidation sites excluding steroid dienone is 1. The van der Waals surface area contributed by atoms with Crippen LogP contribution in [0, 0.1) is 46.3 Å². The standard InChI is InChI=1S/C29H44O4/c1-17-8-13-29(31-16-17)18(2)26-25(33-29)15-24-22-7-6-20-14-21(32-19(3)30)9-11-27(20,4)23(22)10-12-28(24,26)5/h6,17-18,21-26H,7-16H2,1-5H3/t17?,18-,21+,22?,23?,24?,25-,26-,27-,28-,29+/m0/s1. The summed E-state index contributed by atoms with van der Waals surface area (Å²) in [6.07, 6.45) is 13.6. The van der Waals surface area contributed by atoms with Gasteiger partial charge in [-0.3, -0.25) is 4.79 Å². The Balaban J connectivity index is 1.24. The second-order valence-corrected chi connectivity index (χ2v) is 13.3. The number of ether oxygens (including phenoxy) is 3. The van der Waals surface area contributed by atoms with E-state index >= 15 is 0 Å². The minimum Gasteiger partial charge on any atom is -0.462 e. The first-order chi connectivity index (χ1) is 15.7. The molecule has 0 N–H and O–H groups in total. The third-order valence-electron chi connectivity index (χ3n) is 11.7. The Bertz CT molecular complexity index is 841. The van der Waals surface area contributed by atoms with Crippen LogP contribution in [-0.4, -0.2) is 30.6 Å². The fourth-order valence-electron chi connectivity index (χ4n) is 9.98. The predicted octanol–water partition coefficient (Wildman–Crippen LogP) is 6.28. The highest BCUT2D eigenvalue weighted by Crippen LogP contribution is 2.70. The molecule has 0 radical (unpaired) electrons. The Morgan fingerprint density at radius 1 is 1.09 bits per heavy atom. The van der Waals surface area contributed by atoms with Gasteiger partial charge in [0, 0.05) is 25.7 Å². The lowest BCUT2D eigenvalue weighted by atomic mass is 9.47. The van der Waals surface area contributed by atoms with E-state index in [4.69, 9.17) is 14.2 Å². The van der Waals surface area contributed by atoms with Crippen LogP contribution in [0.1, 0.15) is 92.4 Å². The van der Waals surface area contributed by atoms with Crippen LogP contribution in [0.15, 0.2) is 11.6 Å². The average Bonchev–Trinajstić information content (AvgIpc) is 3.21. The molecular formula is C29H44O4. The maximum Gasteiger partial charge on any atom is 0.302 e. The normalized spacial score (nSPS) is 55.2. The lowest BCUT2D eigenvalue weighted by Crippen LogP contribution is -2.52. The zero-order valence-corrected chi connectivity index (χ0v) is 21.4. The monoisotopic (exact) mass is 456 g/mol. The predicted molar refractivity (Wildman–Crippen MR) is 127 cm³/mol. The molecule has 0 aromatic heterocycles. The molecular weight excluding hydrogens is 412 g/mol. The van der Waals surface area contributed by atoms with Crippen LogP contribution in [-0.2, 0) is 19.0 Å². The van der Waals surface area contributed by atoms with Crippen molar-refractivity contribution in [1.82, 2.24) is 0 Å². The molecule has 11 atom stereocenters. The third-order valence-corrected chi connectivity index (χ3v) is 11.7. The SMILES string of the molecule is CC(=O)O[C@@H]1CC[C@@]2(C)C(=CCC3C2CC[C@@]2(C)C3C[C@@H]3O[C@]4(CCC(C)CO4)[C@@H](C)[C@@H]32)C1. The van der Waals surface area contributed by atoms with E-state index in [1.54, 1.807) is 12.5 Å². The average molecular weight is 457 g/mol. The van der Waals surface area contributed by atoms with Crippen LogP contribution in [0.5, 0.6) is 0 Å². The molecule has 184 valence electrons. The first kappa shape index (κ1) is 22.6. The smallest absolute Gasteiger partial charge is 0.302 e. The molecule has 4 aliphatic carbocycles. The van der Waals surface area contributed by atoms with Gasteiger partial charge in [-0.2, -0.15) is 0 Å². The molecule has 2 saturated heterocycles. The molecule has 0 bridgehead atoms. The lowest BCUT2D eigenvalue weighted by Gasteiger charge is -2.58. The van der Waals surface area contributed by atoms with Gasteiger partial charge < -0.3 is 14.2 Å². The summed E-state index contributed by atoms with van der Waals surface area (Å²) >= 11 is 0. The number of carbonyl (C=O) groups is 1. The van der Waals surface area contributed by atoms with Crippen LogP contribution in [0.4, 0.5) is 0 Å². The molecule has 0 aromatic carbocycles. The topological polar surface area (TPSA) is 44.8 Å². The van der Waals surface area contributed by atoms with Crippen LogP contribution in [0.25, 0.3) is 0 Å². The van der Waals surface area contributed by atoms with Crippen molar-refractivity contribution in [2.75, 3.05) is 6.61 Å². The van der Waals surface area contributed by atoms with Crippen molar-refractivity contribution in [2.45, 2.75) is 110 Å². The van der Waals surface area contributed by atoms with Gasteiger partial charge in [-0.05, 0) is 85.4 Å². The van der Waals surface area contributed by atoms with Crippen molar-refractivity contribution in [2.24, 2.45) is 46.3 Å². The Morgan fingerprint density at radius 2 is 1.91 bits per heavy atom. The van der Waals surface area contributed by atoms with Gasteiger partial charge in [0.2, 0.25) is 0 Å². The summed E-state index contributed by atoms with van der Waals surface area (Å²) < 4.78 is 19.0. The van der Waals surface area contributed by atoms with Gasteiger partial charge in [-0.15, -0.1) is 0 Å². The van der Waals surface area contributed by atoms with Gasteiger partial charge in [0.15, 0.2) is 5.79 Å². The van der Waals surface area contributed by atoms with Gasteiger partial charge in [-0.1, -0.05) is 39.3 Å². The highest BCUT2D eigenvalue weighted by atomic mass is 16.7. The van der Waals surface area contributed by atoms with Gasteiger partial charge in [-0.25, -0.2) is 0 Å². The van der Waals surface area contributed by atoms with E-state index in [2.05, 4.69) is 33.8 Å². The van der Waals surface area contributed by atoms with Crippen LogP contribution in [0.3, 0.4) is 0 Å². The van der Waals surface area contributed by atoms with Crippen molar-refractivity contribution in [3.8, 4) is 0 Å². The number of hydrogen-bond acceptors (Lipinski definition) is 4. The summed E-state index contributed by atoms with van der Waals surface area (Å²) in [5.74, 6) is 3.64. The largest absolute Gasteiger partial charge is 0.462 e. The van der Waals surface area contributed by atoms with Crippen molar-refractivity contribution in [3.05, 3.63) is 11.6 Å². The number of hydrogen-bond donors (Lipinski definition) is 0. The fraction of sp³-hybridized carbons (Fsp3) is 0.897. The highest BCUT2D eigenvalue weighted by Gasteiger charge is 2.68. The van der Waals surface area contributed by atoms with Crippen LogP contribution in [0.2, 0.25) is 0 Å². The summed E-state index contributed by atoms with van der Waals surface area (Å²) in [5.41, 5.74) is 2.24. The maximum absolute atomic E-state index is 11.5. The van der Waals surface area contributed by atoms with Crippen molar-refractivity contribution in [1.29, 1.82) is 0 Å². The highest BCUT2D eigenvalue weighted by molar-refractivity contribution is 5.66. The maximum atomic E-state index is 11.5. The van der Waals surface area contributed by atoms with E-state index in [1.165, 1.54) is 32.1 Å². The van der Waals surface area contributed by atoms with E-state index in [-0.39, 0.29) is 23.3 Å². The molecule has 1 spiro atoms. The molecule has 0 amide bonds. The quantitative estimate of drug-likeness (QED) is 0.344. The van der Waals surface area contributed by atoms with E-state index in [0.717, 1.165) is 50.0 Å². The summed E-state index contributed by atoms with van der Waals surface area (Å²) in [6.45, 7) is 12.3. The minimum atomic E-state index is -0.312. The second kappa shape index (κ2) is 7.56. The molecule has 33 heavy (non-hydrogen) atoms. The van der Waals surface area contributed by atoms with E-state index in [9.17, 15) is 4.79 Å². The molecule has 4 nitrogen and oxygen atoms in total. The fourth-order valence-corrected chi connectivity index (χ4v) is 9.98. The Morgan fingerprint density at radius 3 is 2.64 bits per heavy atom. The minimum absolute atomic E-state index is 0.0849. The molecule has 2 aliphatic heterocycles.